The van der Waals surface area contributed by atoms with Gasteiger partial charge < -0.3 is 24.7 Å². The lowest BCUT2D eigenvalue weighted by Crippen LogP contribution is -2.19. The zero-order valence-corrected chi connectivity index (χ0v) is 11.3. The van der Waals surface area contributed by atoms with Crippen LogP contribution in [0.5, 0.6) is 11.5 Å². The van der Waals surface area contributed by atoms with Gasteiger partial charge in [0.2, 0.25) is 0 Å². The third-order valence-corrected chi connectivity index (χ3v) is 2.93. The summed E-state index contributed by atoms with van der Waals surface area (Å²) in [6, 6.07) is 5.63. The Morgan fingerprint density at radius 1 is 1.21 bits per heavy atom. The van der Waals surface area contributed by atoms with E-state index < -0.39 is 0 Å². The van der Waals surface area contributed by atoms with E-state index >= 15 is 0 Å². The molecule has 0 fully saturated rings. The molecule has 0 amide bonds. The normalized spacial score (nSPS) is 15.3. The van der Waals surface area contributed by atoms with E-state index in [4.69, 9.17) is 24.7 Å². The highest BCUT2D eigenvalue weighted by atomic mass is 16.6. The van der Waals surface area contributed by atoms with Gasteiger partial charge in [0, 0.05) is 20.3 Å². The molecule has 1 unspecified atom stereocenters. The summed E-state index contributed by atoms with van der Waals surface area (Å²) in [6.45, 7) is 3.04. The van der Waals surface area contributed by atoms with Crippen molar-refractivity contribution < 1.29 is 18.9 Å². The van der Waals surface area contributed by atoms with E-state index in [0.29, 0.717) is 33.0 Å². The van der Waals surface area contributed by atoms with Crippen LogP contribution in [0.15, 0.2) is 18.2 Å². The Bertz CT molecular complexity index is 397. The molecule has 2 N–H and O–H groups in total. The van der Waals surface area contributed by atoms with Gasteiger partial charge in [0.15, 0.2) is 11.5 Å². The van der Waals surface area contributed by atoms with Gasteiger partial charge in [-0.2, -0.15) is 0 Å². The molecule has 19 heavy (non-hydrogen) atoms. The van der Waals surface area contributed by atoms with Crippen LogP contribution in [0.1, 0.15) is 18.0 Å². The first kappa shape index (κ1) is 14.1. The van der Waals surface area contributed by atoms with Crippen molar-refractivity contribution in [2.75, 3.05) is 40.1 Å². The minimum atomic E-state index is -0.154. The average molecular weight is 267 g/mol. The molecule has 1 aromatic rings. The molecule has 1 aliphatic rings. The lowest BCUT2D eigenvalue weighted by molar-refractivity contribution is 0.0939. The third kappa shape index (κ3) is 4.09. The van der Waals surface area contributed by atoms with Crippen LogP contribution in [0.3, 0.4) is 0 Å². The van der Waals surface area contributed by atoms with Crippen LogP contribution >= 0.6 is 0 Å². The largest absolute Gasteiger partial charge is 0.486 e. The van der Waals surface area contributed by atoms with Crippen LogP contribution in [-0.4, -0.2) is 40.1 Å². The maximum absolute atomic E-state index is 6.09. The Hall–Kier alpha value is -1.30. The van der Waals surface area contributed by atoms with Crippen LogP contribution in [-0.2, 0) is 9.47 Å². The molecule has 0 saturated carbocycles. The van der Waals surface area contributed by atoms with Gasteiger partial charge in [-0.05, 0) is 24.1 Å². The van der Waals surface area contributed by atoms with E-state index in [1.54, 1.807) is 7.11 Å². The SMILES string of the molecule is COCCCOCC(N)c1ccc2c(c1)OCCO2. The van der Waals surface area contributed by atoms with Gasteiger partial charge in [0.1, 0.15) is 13.2 Å². The van der Waals surface area contributed by atoms with Crippen LogP contribution in [0, 0.1) is 0 Å². The van der Waals surface area contributed by atoms with E-state index in [1.165, 1.54) is 0 Å². The quantitative estimate of drug-likeness (QED) is 0.759. The number of hydrogen-bond donors (Lipinski definition) is 1. The van der Waals surface area contributed by atoms with Crippen molar-refractivity contribution in [2.45, 2.75) is 12.5 Å². The molecule has 1 atom stereocenters. The number of rotatable bonds is 7. The zero-order valence-electron chi connectivity index (χ0n) is 11.3. The number of fused-ring (bicyclic) bond motifs is 1. The van der Waals surface area contributed by atoms with Crippen molar-refractivity contribution in [3.8, 4) is 11.5 Å². The fourth-order valence-electron chi connectivity index (χ4n) is 1.90. The second-order valence-corrected chi connectivity index (χ2v) is 4.43. The van der Waals surface area contributed by atoms with Gasteiger partial charge in [-0.15, -0.1) is 0 Å². The van der Waals surface area contributed by atoms with E-state index in [9.17, 15) is 0 Å². The summed E-state index contributed by atoms with van der Waals surface area (Å²) < 4.78 is 21.5. The molecule has 1 heterocycles. The molecule has 5 heteroatoms. The Labute approximate surface area is 113 Å². The molecule has 5 nitrogen and oxygen atoms in total. The molecule has 2 rings (SSSR count). The number of hydrogen-bond acceptors (Lipinski definition) is 5. The summed E-state index contributed by atoms with van der Waals surface area (Å²) in [6.07, 6.45) is 0.879. The highest BCUT2D eigenvalue weighted by Crippen LogP contribution is 2.32. The van der Waals surface area contributed by atoms with E-state index in [-0.39, 0.29) is 6.04 Å². The predicted octanol–water partition coefficient (Wildman–Crippen LogP) is 1.51. The van der Waals surface area contributed by atoms with Crippen molar-refractivity contribution >= 4 is 0 Å². The summed E-state index contributed by atoms with van der Waals surface area (Å²) in [7, 11) is 1.68. The van der Waals surface area contributed by atoms with Gasteiger partial charge in [-0.25, -0.2) is 0 Å². The first-order valence-electron chi connectivity index (χ1n) is 6.53. The smallest absolute Gasteiger partial charge is 0.161 e. The van der Waals surface area contributed by atoms with Crippen LogP contribution in [0.25, 0.3) is 0 Å². The van der Waals surface area contributed by atoms with E-state index in [0.717, 1.165) is 23.5 Å². The Morgan fingerprint density at radius 3 is 2.79 bits per heavy atom. The number of benzene rings is 1. The summed E-state index contributed by atoms with van der Waals surface area (Å²) in [5.41, 5.74) is 7.09. The summed E-state index contributed by atoms with van der Waals surface area (Å²) in [5.74, 6) is 1.54. The van der Waals surface area contributed by atoms with Crippen molar-refractivity contribution in [1.82, 2.24) is 0 Å². The first-order valence-corrected chi connectivity index (χ1v) is 6.53. The van der Waals surface area contributed by atoms with E-state index in [1.807, 2.05) is 18.2 Å². The molecule has 1 aliphatic heterocycles. The maximum atomic E-state index is 6.09. The molecule has 0 spiro atoms. The molecule has 1 aromatic carbocycles. The fourth-order valence-corrected chi connectivity index (χ4v) is 1.90. The monoisotopic (exact) mass is 267 g/mol. The molecular weight excluding hydrogens is 246 g/mol. The van der Waals surface area contributed by atoms with Gasteiger partial charge in [-0.1, -0.05) is 6.07 Å². The lowest BCUT2D eigenvalue weighted by atomic mass is 10.1. The molecule has 0 aromatic heterocycles. The van der Waals surface area contributed by atoms with E-state index in [2.05, 4.69) is 0 Å². The van der Waals surface area contributed by atoms with Crippen LogP contribution in [0.2, 0.25) is 0 Å². The predicted molar refractivity (Wildman–Crippen MR) is 71.7 cm³/mol. The van der Waals surface area contributed by atoms with Crippen LogP contribution < -0.4 is 15.2 Å². The topological polar surface area (TPSA) is 62.9 Å². The van der Waals surface area contributed by atoms with Gasteiger partial charge >= 0.3 is 0 Å². The highest BCUT2D eigenvalue weighted by Gasteiger charge is 2.14. The summed E-state index contributed by atoms with van der Waals surface area (Å²) in [4.78, 5) is 0. The minimum absolute atomic E-state index is 0.154. The number of ether oxygens (including phenoxy) is 4. The molecule has 0 saturated heterocycles. The molecule has 0 aliphatic carbocycles. The first-order chi connectivity index (χ1) is 9.31. The third-order valence-electron chi connectivity index (χ3n) is 2.93. The second-order valence-electron chi connectivity index (χ2n) is 4.43. The van der Waals surface area contributed by atoms with Crippen molar-refractivity contribution in [2.24, 2.45) is 5.73 Å². The lowest BCUT2D eigenvalue weighted by Gasteiger charge is -2.20. The minimum Gasteiger partial charge on any atom is -0.486 e. The van der Waals surface area contributed by atoms with Gasteiger partial charge in [0.25, 0.3) is 0 Å². The van der Waals surface area contributed by atoms with Gasteiger partial charge in [-0.3, -0.25) is 0 Å². The summed E-state index contributed by atoms with van der Waals surface area (Å²) in [5, 5.41) is 0. The maximum Gasteiger partial charge on any atom is 0.161 e. The van der Waals surface area contributed by atoms with Crippen LogP contribution in [0.4, 0.5) is 0 Å². The highest BCUT2D eigenvalue weighted by molar-refractivity contribution is 5.44. The number of methoxy groups -OCH3 is 1. The average Bonchev–Trinajstić information content (AvgIpc) is 2.46. The summed E-state index contributed by atoms with van der Waals surface area (Å²) >= 11 is 0. The van der Waals surface area contributed by atoms with Crippen molar-refractivity contribution in [3.05, 3.63) is 23.8 Å². The second kappa shape index (κ2) is 7.33. The Balaban J connectivity index is 1.83. The molecule has 0 radical (unpaired) electrons. The molecule has 106 valence electrons. The standard InChI is InChI=1S/C14H21NO4/c1-16-5-2-6-17-10-12(15)11-3-4-13-14(9-11)19-8-7-18-13/h3-4,9,12H,2,5-8,10,15H2,1H3. The van der Waals surface area contributed by atoms with Gasteiger partial charge in [0.05, 0.1) is 12.6 Å². The molecular formula is C14H21NO4. The number of nitrogens with two attached hydrogens (primary N) is 1. The fraction of sp³-hybridized carbons (Fsp3) is 0.571. The Morgan fingerprint density at radius 2 is 2.00 bits per heavy atom. The zero-order chi connectivity index (χ0) is 13.5. The molecule has 0 bridgehead atoms. The Kier molecular flexibility index (Phi) is 5.44. The van der Waals surface area contributed by atoms with Crippen molar-refractivity contribution in [3.63, 3.8) is 0 Å². The van der Waals surface area contributed by atoms with Crippen molar-refractivity contribution in [1.29, 1.82) is 0 Å².